The third-order valence-electron chi connectivity index (χ3n) is 4.85. The van der Waals surface area contributed by atoms with Crippen molar-refractivity contribution in [1.29, 1.82) is 0 Å². The molecule has 0 saturated carbocycles. The summed E-state index contributed by atoms with van der Waals surface area (Å²) in [5.74, 6) is 2.01. The van der Waals surface area contributed by atoms with E-state index in [0.29, 0.717) is 0 Å². The highest BCUT2D eigenvalue weighted by Gasteiger charge is 2.31. The van der Waals surface area contributed by atoms with E-state index >= 15 is 0 Å². The second-order valence-electron chi connectivity index (χ2n) is 6.54. The number of hydrogen-bond donors (Lipinski definition) is 0. The zero-order valence-corrected chi connectivity index (χ0v) is 14.7. The molecule has 0 unspecified atom stereocenters. The molecule has 0 bridgehead atoms. The van der Waals surface area contributed by atoms with Gasteiger partial charge in [0.1, 0.15) is 5.76 Å². The van der Waals surface area contributed by atoms with Crippen LogP contribution in [-0.2, 0) is 30.4 Å². The zero-order chi connectivity index (χ0) is 16.5. The number of amides is 1. The lowest BCUT2D eigenvalue weighted by molar-refractivity contribution is -0.119. The van der Waals surface area contributed by atoms with E-state index in [1.807, 2.05) is 18.1 Å². The molecule has 1 aliphatic carbocycles. The Morgan fingerprint density at radius 2 is 2.21 bits per heavy atom. The van der Waals surface area contributed by atoms with E-state index in [0.717, 1.165) is 55.1 Å². The third kappa shape index (κ3) is 2.97. The van der Waals surface area contributed by atoms with E-state index in [4.69, 9.17) is 4.52 Å². The quantitative estimate of drug-likeness (QED) is 0.852. The van der Waals surface area contributed by atoms with Crippen molar-refractivity contribution in [3.8, 4) is 0 Å². The molecule has 1 amide bonds. The number of carbonyl (C=O) groups is 1. The van der Waals surface area contributed by atoms with Crippen LogP contribution in [-0.4, -0.2) is 32.6 Å². The van der Waals surface area contributed by atoms with Crippen LogP contribution in [0.1, 0.15) is 42.7 Å². The van der Waals surface area contributed by atoms with Crippen molar-refractivity contribution >= 4 is 23.4 Å². The largest absolute Gasteiger partial charge is 0.361 e. The molecule has 7 heteroatoms. The molecule has 2 aromatic heterocycles. The Morgan fingerprint density at radius 3 is 3.04 bits per heavy atom. The van der Waals surface area contributed by atoms with E-state index in [1.54, 1.807) is 22.6 Å². The molecule has 0 radical (unpaired) electrons. The summed E-state index contributed by atoms with van der Waals surface area (Å²) in [6.07, 6.45) is 10.1. The summed E-state index contributed by atoms with van der Waals surface area (Å²) < 4.78 is 7.21. The molecule has 24 heavy (non-hydrogen) atoms. The van der Waals surface area contributed by atoms with Crippen molar-refractivity contribution in [3.63, 3.8) is 0 Å². The predicted octanol–water partition coefficient (Wildman–Crippen LogP) is 2.72. The van der Waals surface area contributed by atoms with Crippen LogP contribution in [0, 0.1) is 0 Å². The number of nitrogens with zero attached hydrogens (tertiary/aromatic N) is 4. The van der Waals surface area contributed by atoms with Crippen molar-refractivity contribution in [2.24, 2.45) is 7.05 Å². The number of hydrogen-bond acceptors (Lipinski definition) is 5. The Hall–Kier alpha value is -1.76. The molecule has 1 saturated heterocycles. The summed E-state index contributed by atoms with van der Waals surface area (Å²) >= 11 is 1.70. The molecule has 4 rings (SSSR count). The molecule has 128 valence electrons. The van der Waals surface area contributed by atoms with Crippen molar-refractivity contribution < 1.29 is 9.32 Å². The SMILES string of the molecule is Cn1cc(N2CCC[C@H](SCc3noc4c3CCCC4)C2=O)cn1. The van der Waals surface area contributed by atoms with Crippen molar-refractivity contribution in [3.05, 3.63) is 29.4 Å². The minimum absolute atomic E-state index is 0.00473. The van der Waals surface area contributed by atoms with E-state index in [9.17, 15) is 4.79 Å². The van der Waals surface area contributed by atoms with Crippen LogP contribution in [0.4, 0.5) is 5.69 Å². The standard InChI is InChI=1S/C17H22N4O2S/c1-20-10-12(9-18-20)21-8-4-7-16(17(21)22)24-11-14-13-5-2-3-6-15(13)23-19-14/h9-10,16H,2-8,11H2,1H3/t16-/m0/s1. The van der Waals surface area contributed by atoms with Gasteiger partial charge in [-0.25, -0.2) is 0 Å². The predicted molar refractivity (Wildman–Crippen MR) is 93.0 cm³/mol. The van der Waals surface area contributed by atoms with Crippen molar-refractivity contribution in [2.45, 2.75) is 49.5 Å². The average molecular weight is 346 g/mol. The lowest BCUT2D eigenvalue weighted by atomic mass is 9.97. The fourth-order valence-corrected chi connectivity index (χ4v) is 4.73. The van der Waals surface area contributed by atoms with Gasteiger partial charge in [0.15, 0.2) is 0 Å². The van der Waals surface area contributed by atoms with Gasteiger partial charge >= 0.3 is 0 Å². The molecule has 0 aromatic carbocycles. The maximum absolute atomic E-state index is 12.8. The second kappa shape index (κ2) is 6.63. The van der Waals surface area contributed by atoms with E-state index in [2.05, 4.69) is 10.3 Å². The van der Waals surface area contributed by atoms with Crippen LogP contribution in [0.15, 0.2) is 16.9 Å². The highest BCUT2D eigenvalue weighted by atomic mass is 32.2. The van der Waals surface area contributed by atoms with Crippen LogP contribution in [0.5, 0.6) is 0 Å². The maximum atomic E-state index is 12.8. The lowest BCUT2D eigenvalue weighted by Gasteiger charge is -2.30. The van der Waals surface area contributed by atoms with Gasteiger partial charge in [0.05, 0.1) is 22.8 Å². The van der Waals surface area contributed by atoms with Crippen LogP contribution in [0.3, 0.4) is 0 Å². The minimum Gasteiger partial charge on any atom is -0.361 e. The van der Waals surface area contributed by atoms with E-state index in [-0.39, 0.29) is 11.2 Å². The molecule has 6 nitrogen and oxygen atoms in total. The minimum atomic E-state index is -0.00473. The summed E-state index contributed by atoms with van der Waals surface area (Å²) in [6, 6.07) is 0. The summed E-state index contributed by atoms with van der Waals surface area (Å²) in [6.45, 7) is 0.779. The Bertz CT molecular complexity index is 739. The van der Waals surface area contributed by atoms with Crippen LogP contribution in [0.25, 0.3) is 0 Å². The molecule has 2 aromatic rings. The van der Waals surface area contributed by atoms with Crippen molar-refractivity contribution in [1.82, 2.24) is 14.9 Å². The molecule has 1 aliphatic heterocycles. The highest BCUT2D eigenvalue weighted by Crippen LogP contribution is 2.32. The monoisotopic (exact) mass is 346 g/mol. The van der Waals surface area contributed by atoms with Crippen LogP contribution >= 0.6 is 11.8 Å². The summed E-state index contributed by atoms with van der Waals surface area (Å²) in [5, 5.41) is 8.43. The third-order valence-corrected chi connectivity index (χ3v) is 6.13. The summed E-state index contributed by atoms with van der Waals surface area (Å²) in [4.78, 5) is 14.7. The molecule has 3 heterocycles. The van der Waals surface area contributed by atoms with Gasteiger partial charge in [-0.1, -0.05) is 5.16 Å². The number of fused-ring (bicyclic) bond motifs is 1. The Morgan fingerprint density at radius 1 is 1.33 bits per heavy atom. The smallest absolute Gasteiger partial charge is 0.240 e. The fraction of sp³-hybridized carbons (Fsp3) is 0.588. The first kappa shape index (κ1) is 15.7. The molecular weight excluding hydrogens is 324 g/mol. The number of thioether (sulfide) groups is 1. The average Bonchev–Trinajstić information content (AvgIpc) is 3.20. The lowest BCUT2D eigenvalue weighted by Crippen LogP contribution is -2.42. The first-order chi connectivity index (χ1) is 11.7. The number of anilines is 1. The Kier molecular flexibility index (Phi) is 4.35. The molecule has 2 aliphatic rings. The van der Waals surface area contributed by atoms with Gasteiger partial charge < -0.3 is 9.42 Å². The number of aromatic nitrogens is 3. The fourth-order valence-electron chi connectivity index (χ4n) is 3.54. The van der Waals surface area contributed by atoms with Gasteiger partial charge in [0.2, 0.25) is 5.91 Å². The van der Waals surface area contributed by atoms with Gasteiger partial charge in [-0.2, -0.15) is 5.10 Å². The maximum Gasteiger partial charge on any atom is 0.240 e. The molecule has 1 fully saturated rings. The number of carbonyl (C=O) groups excluding carboxylic acids is 1. The topological polar surface area (TPSA) is 64.2 Å². The summed E-state index contributed by atoms with van der Waals surface area (Å²) in [5.41, 5.74) is 3.23. The van der Waals surface area contributed by atoms with Crippen molar-refractivity contribution in [2.75, 3.05) is 11.4 Å². The van der Waals surface area contributed by atoms with Gasteiger partial charge in [-0.05, 0) is 32.1 Å². The zero-order valence-electron chi connectivity index (χ0n) is 13.9. The highest BCUT2D eigenvalue weighted by molar-refractivity contribution is 7.99. The second-order valence-corrected chi connectivity index (χ2v) is 7.73. The first-order valence-corrected chi connectivity index (χ1v) is 9.65. The van der Waals surface area contributed by atoms with Crippen LogP contribution in [0.2, 0.25) is 0 Å². The number of rotatable bonds is 4. The van der Waals surface area contributed by atoms with Gasteiger partial charge in [0.25, 0.3) is 0 Å². The number of piperidine rings is 1. The van der Waals surface area contributed by atoms with E-state index < -0.39 is 0 Å². The van der Waals surface area contributed by atoms with E-state index in [1.165, 1.54) is 18.4 Å². The van der Waals surface area contributed by atoms with Gasteiger partial charge in [-0.3, -0.25) is 9.48 Å². The van der Waals surface area contributed by atoms with Crippen LogP contribution < -0.4 is 4.90 Å². The molecule has 0 spiro atoms. The molecular formula is C17H22N4O2S. The molecule has 1 atom stereocenters. The normalized spacial score (nSPS) is 21.1. The van der Waals surface area contributed by atoms with Gasteiger partial charge in [-0.15, -0.1) is 11.8 Å². The Balaban J connectivity index is 1.43. The summed E-state index contributed by atoms with van der Waals surface area (Å²) in [7, 11) is 1.87. The Labute approximate surface area is 145 Å². The number of aryl methyl sites for hydroxylation is 2. The van der Waals surface area contributed by atoms with Gasteiger partial charge in [0, 0.05) is 37.5 Å². The first-order valence-electron chi connectivity index (χ1n) is 8.60. The molecule has 0 N–H and O–H groups in total.